The molecule has 0 aromatic heterocycles. The number of rotatable bonds is 2. The number of carbonyl (C=O) groups excluding carboxylic acids is 1. The minimum atomic E-state index is -4.80. The highest BCUT2D eigenvalue weighted by atomic mass is 35.5. The number of nitrogens with two attached hydrogens (primary N) is 1. The Morgan fingerprint density at radius 1 is 1.46 bits per heavy atom. The number of hydrogen-bond acceptors (Lipinski definition) is 2. The maximum atomic E-state index is 11.7. The van der Waals surface area contributed by atoms with E-state index in [0.29, 0.717) is 12.8 Å². The van der Waals surface area contributed by atoms with E-state index in [4.69, 9.17) is 5.73 Å². The molecular formula is C6H10ClF3N2O. The van der Waals surface area contributed by atoms with Gasteiger partial charge in [-0.15, -0.1) is 12.4 Å². The van der Waals surface area contributed by atoms with E-state index in [0.717, 1.165) is 0 Å². The molecule has 0 aromatic carbocycles. The minimum Gasteiger partial charge on any atom is -0.342 e. The van der Waals surface area contributed by atoms with Crippen molar-refractivity contribution in [3.63, 3.8) is 0 Å². The Labute approximate surface area is 79.3 Å². The second-order valence-corrected chi connectivity index (χ2v) is 2.94. The Hall–Kier alpha value is -0.490. The molecule has 1 fully saturated rings. The van der Waals surface area contributed by atoms with Crippen LogP contribution in [0.25, 0.3) is 0 Å². The molecule has 0 saturated heterocycles. The number of halogens is 4. The molecule has 0 spiro atoms. The molecule has 7 heteroatoms. The maximum Gasteiger partial charge on any atom is 0.471 e. The first-order valence-electron chi connectivity index (χ1n) is 3.49. The Morgan fingerprint density at radius 2 is 1.92 bits per heavy atom. The molecule has 1 rings (SSSR count). The van der Waals surface area contributed by atoms with Crippen LogP contribution in [0.4, 0.5) is 13.2 Å². The summed E-state index contributed by atoms with van der Waals surface area (Å²) in [7, 11) is 0. The molecule has 13 heavy (non-hydrogen) atoms. The largest absolute Gasteiger partial charge is 0.471 e. The van der Waals surface area contributed by atoms with Crippen molar-refractivity contribution in [1.82, 2.24) is 5.32 Å². The maximum absolute atomic E-state index is 11.7. The fourth-order valence-electron chi connectivity index (χ4n) is 0.843. The molecule has 3 nitrogen and oxygen atoms in total. The zero-order valence-electron chi connectivity index (χ0n) is 6.65. The molecule has 1 aliphatic carbocycles. The summed E-state index contributed by atoms with van der Waals surface area (Å²) in [4.78, 5) is 10.4. The number of hydrogen-bond donors (Lipinski definition) is 2. The third kappa shape index (κ3) is 3.04. The van der Waals surface area contributed by atoms with E-state index >= 15 is 0 Å². The SMILES string of the molecule is Cl.NCC1(NC(=O)C(F)(F)F)CC1. The first-order chi connectivity index (χ1) is 5.40. The number of carbonyl (C=O) groups is 1. The summed E-state index contributed by atoms with van der Waals surface area (Å²) in [6.45, 7) is 0.0643. The molecule has 1 saturated carbocycles. The summed E-state index contributed by atoms with van der Waals surface area (Å²) >= 11 is 0. The summed E-state index contributed by atoms with van der Waals surface area (Å²) in [5, 5.41) is 1.87. The molecule has 0 bridgehead atoms. The molecule has 0 aliphatic heterocycles. The molecule has 78 valence electrons. The third-order valence-electron chi connectivity index (χ3n) is 1.88. The molecule has 3 N–H and O–H groups in total. The normalized spacial score (nSPS) is 18.8. The van der Waals surface area contributed by atoms with Crippen LogP contribution >= 0.6 is 12.4 Å². The molecular weight excluding hydrogens is 209 g/mol. The van der Waals surface area contributed by atoms with Crippen LogP contribution in [0.5, 0.6) is 0 Å². The molecule has 1 amide bonds. The zero-order valence-corrected chi connectivity index (χ0v) is 7.47. The van der Waals surface area contributed by atoms with E-state index in [-0.39, 0.29) is 19.0 Å². The van der Waals surface area contributed by atoms with Crippen molar-refractivity contribution in [2.45, 2.75) is 24.6 Å². The van der Waals surface area contributed by atoms with Crippen molar-refractivity contribution in [3.05, 3.63) is 0 Å². The fraction of sp³-hybridized carbons (Fsp3) is 0.833. The average Bonchev–Trinajstić information content (AvgIpc) is 2.67. The third-order valence-corrected chi connectivity index (χ3v) is 1.88. The van der Waals surface area contributed by atoms with Gasteiger partial charge in [-0.3, -0.25) is 4.79 Å². The summed E-state index contributed by atoms with van der Waals surface area (Å²) in [5.74, 6) is -1.90. The summed E-state index contributed by atoms with van der Waals surface area (Å²) in [6, 6.07) is 0. The summed E-state index contributed by atoms with van der Waals surface area (Å²) in [6.07, 6.45) is -3.73. The molecule has 0 atom stereocenters. The number of nitrogens with one attached hydrogen (secondary N) is 1. The molecule has 0 unspecified atom stereocenters. The lowest BCUT2D eigenvalue weighted by Crippen LogP contribution is -2.48. The van der Waals surface area contributed by atoms with Crippen LogP contribution in [0.1, 0.15) is 12.8 Å². The monoisotopic (exact) mass is 218 g/mol. The lowest BCUT2D eigenvalue weighted by molar-refractivity contribution is -0.174. The average molecular weight is 219 g/mol. The Kier molecular flexibility index (Phi) is 3.57. The van der Waals surface area contributed by atoms with Crippen molar-refractivity contribution in [3.8, 4) is 0 Å². The van der Waals surface area contributed by atoms with Gasteiger partial charge in [0.1, 0.15) is 0 Å². The van der Waals surface area contributed by atoms with Gasteiger partial charge < -0.3 is 11.1 Å². The van der Waals surface area contributed by atoms with Gasteiger partial charge in [-0.1, -0.05) is 0 Å². The van der Waals surface area contributed by atoms with Crippen LogP contribution in [0.15, 0.2) is 0 Å². The molecule has 1 aliphatic rings. The van der Waals surface area contributed by atoms with Gasteiger partial charge in [0, 0.05) is 6.54 Å². The van der Waals surface area contributed by atoms with E-state index < -0.39 is 17.6 Å². The predicted octanol–water partition coefficient (Wildman–Crippen LogP) is 0.578. The predicted molar refractivity (Wildman–Crippen MR) is 42.5 cm³/mol. The van der Waals surface area contributed by atoms with Gasteiger partial charge in [0.05, 0.1) is 5.54 Å². The highest BCUT2D eigenvalue weighted by Crippen LogP contribution is 2.34. The standard InChI is InChI=1S/C6H9F3N2O.ClH/c7-6(8,9)4(12)11-5(3-10)1-2-5;/h1-3,10H2,(H,11,12);1H. The Morgan fingerprint density at radius 3 is 2.15 bits per heavy atom. The second-order valence-electron chi connectivity index (χ2n) is 2.94. The van der Waals surface area contributed by atoms with Gasteiger partial charge in [-0.05, 0) is 12.8 Å². The van der Waals surface area contributed by atoms with Crippen LogP contribution in [-0.2, 0) is 4.79 Å². The van der Waals surface area contributed by atoms with Crippen LogP contribution in [0.3, 0.4) is 0 Å². The lowest BCUT2D eigenvalue weighted by Gasteiger charge is -2.15. The van der Waals surface area contributed by atoms with Crippen molar-refractivity contribution in [1.29, 1.82) is 0 Å². The van der Waals surface area contributed by atoms with Gasteiger partial charge >= 0.3 is 12.1 Å². The quantitative estimate of drug-likeness (QED) is 0.712. The summed E-state index contributed by atoms with van der Waals surface area (Å²) in [5.41, 5.74) is 4.41. The topological polar surface area (TPSA) is 55.1 Å². The lowest BCUT2D eigenvalue weighted by atomic mass is 10.3. The first kappa shape index (κ1) is 12.5. The number of amides is 1. The second kappa shape index (κ2) is 3.71. The fourth-order valence-corrected chi connectivity index (χ4v) is 0.843. The van der Waals surface area contributed by atoms with E-state index in [1.165, 1.54) is 0 Å². The minimum absolute atomic E-state index is 0. The highest BCUT2D eigenvalue weighted by molar-refractivity contribution is 5.85. The van der Waals surface area contributed by atoms with Crippen molar-refractivity contribution >= 4 is 18.3 Å². The van der Waals surface area contributed by atoms with E-state index in [1.54, 1.807) is 0 Å². The van der Waals surface area contributed by atoms with Crippen molar-refractivity contribution in [2.75, 3.05) is 6.54 Å². The zero-order chi connectivity index (χ0) is 9.41. The van der Waals surface area contributed by atoms with Crippen LogP contribution in [0, 0.1) is 0 Å². The Bertz CT molecular complexity index is 203. The van der Waals surface area contributed by atoms with Gasteiger partial charge in [0.15, 0.2) is 0 Å². The van der Waals surface area contributed by atoms with Crippen LogP contribution in [-0.4, -0.2) is 24.2 Å². The molecule has 0 heterocycles. The first-order valence-corrected chi connectivity index (χ1v) is 3.49. The van der Waals surface area contributed by atoms with E-state index in [2.05, 4.69) is 0 Å². The van der Waals surface area contributed by atoms with Crippen molar-refractivity contribution in [2.24, 2.45) is 5.73 Å². The summed E-state index contributed by atoms with van der Waals surface area (Å²) < 4.78 is 35.1. The van der Waals surface area contributed by atoms with E-state index in [9.17, 15) is 18.0 Å². The van der Waals surface area contributed by atoms with Gasteiger partial charge in [0.2, 0.25) is 0 Å². The van der Waals surface area contributed by atoms with Gasteiger partial charge in [-0.25, -0.2) is 0 Å². The van der Waals surface area contributed by atoms with Gasteiger partial charge in [0.25, 0.3) is 0 Å². The highest BCUT2D eigenvalue weighted by Gasteiger charge is 2.49. The van der Waals surface area contributed by atoms with Gasteiger partial charge in [-0.2, -0.15) is 13.2 Å². The van der Waals surface area contributed by atoms with Crippen LogP contribution < -0.4 is 11.1 Å². The van der Waals surface area contributed by atoms with E-state index in [1.807, 2.05) is 5.32 Å². The smallest absolute Gasteiger partial charge is 0.342 e. The van der Waals surface area contributed by atoms with Crippen LogP contribution in [0.2, 0.25) is 0 Å². The molecule has 0 aromatic rings. The molecule has 0 radical (unpaired) electrons. The Balaban J connectivity index is 0.00000144. The number of alkyl halides is 3. The van der Waals surface area contributed by atoms with Crippen molar-refractivity contribution < 1.29 is 18.0 Å².